The normalized spacial score (nSPS) is 28.7. The molecule has 1 heterocycles. The number of Topliss-reactive ketones (excluding diaryl/α,β-unsaturated/α-hetero) is 1. The molecule has 3 unspecified atom stereocenters. The van der Waals surface area contributed by atoms with Crippen LogP contribution in [0.4, 0.5) is 4.79 Å². The van der Waals surface area contributed by atoms with Crippen LogP contribution in [0.15, 0.2) is 30.3 Å². The highest BCUT2D eigenvalue weighted by atomic mass is 16.5. The van der Waals surface area contributed by atoms with Crippen molar-refractivity contribution in [3.63, 3.8) is 0 Å². The number of carboxylic acid groups (broad SMARTS) is 1. The third kappa shape index (κ3) is 2.29. The van der Waals surface area contributed by atoms with E-state index in [1.165, 1.54) is 4.90 Å². The minimum atomic E-state index is -1.21. The molecule has 2 fully saturated rings. The molecule has 20 heavy (non-hydrogen) atoms. The first-order valence-corrected chi connectivity index (χ1v) is 6.82. The standard InChI is InChI=1S/C15H17NO4/c17-12-6-7-16(15(18)19)14-11(12)8-13(14)20-9-10-4-2-1-3-5-10/h1-5,11,13-14H,6-9H2,(H,18,19)/p-1. The van der Waals surface area contributed by atoms with Gasteiger partial charge in [-0.15, -0.1) is 0 Å². The number of carbonyl (C=O) groups is 2. The Kier molecular flexibility index (Phi) is 3.44. The smallest absolute Gasteiger partial charge is 0.139 e. The topological polar surface area (TPSA) is 69.7 Å². The van der Waals surface area contributed by atoms with Crippen molar-refractivity contribution in [1.29, 1.82) is 0 Å². The third-order valence-corrected chi connectivity index (χ3v) is 4.19. The minimum absolute atomic E-state index is 0.145. The Morgan fingerprint density at radius 1 is 1.35 bits per heavy atom. The van der Waals surface area contributed by atoms with Crippen molar-refractivity contribution in [2.45, 2.75) is 31.6 Å². The van der Waals surface area contributed by atoms with Gasteiger partial charge in [-0.05, 0) is 12.0 Å². The summed E-state index contributed by atoms with van der Waals surface area (Å²) >= 11 is 0. The first kappa shape index (κ1) is 13.1. The summed E-state index contributed by atoms with van der Waals surface area (Å²) < 4.78 is 5.78. The van der Waals surface area contributed by atoms with E-state index in [2.05, 4.69) is 0 Å². The molecule has 1 amide bonds. The Morgan fingerprint density at radius 3 is 2.80 bits per heavy atom. The van der Waals surface area contributed by atoms with Gasteiger partial charge in [-0.1, -0.05) is 30.3 Å². The fourth-order valence-corrected chi connectivity index (χ4v) is 3.05. The first-order chi connectivity index (χ1) is 9.66. The average Bonchev–Trinajstić information content (AvgIpc) is 2.42. The Morgan fingerprint density at radius 2 is 2.10 bits per heavy atom. The van der Waals surface area contributed by atoms with Crippen LogP contribution in [0.2, 0.25) is 0 Å². The van der Waals surface area contributed by atoms with Crippen molar-refractivity contribution in [2.24, 2.45) is 5.92 Å². The maximum absolute atomic E-state index is 11.7. The zero-order chi connectivity index (χ0) is 14.1. The first-order valence-electron chi connectivity index (χ1n) is 6.82. The molecule has 0 radical (unpaired) electrons. The predicted molar refractivity (Wildman–Crippen MR) is 68.6 cm³/mol. The van der Waals surface area contributed by atoms with Gasteiger partial charge in [0.15, 0.2) is 0 Å². The van der Waals surface area contributed by atoms with Gasteiger partial charge in [0.1, 0.15) is 11.9 Å². The lowest BCUT2D eigenvalue weighted by Gasteiger charge is -2.53. The molecule has 2 aliphatic rings. The molecule has 0 spiro atoms. The molecule has 1 aliphatic carbocycles. The summed E-state index contributed by atoms with van der Waals surface area (Å²) in [7, 11) is 0. The SMILES string of the molecule is O=C1CCN(C(=O)[O-])C2C(OCc3ccccc3)CC12. The van der Waals surface area contributed by atoms with E-state index >= 15 is 0 Å². The van der Waals surface area contributed by atoms with Gasteiger partial charge in [0.05, 0.1) is 18.8 Å². The number of hydrogen-bond acceptors (Lipinski definition) is 4. The number of piperidine rings is 1. The molecular weight excluding hydrogens is 258 g/mol. The van der Waals surface area contributed by atoms with Gasteiger partial charge in [0, 0.05) is 18.9 Å². The van der Waals surface area contributed by atoms with Gasteiger partial charge in [-0.25, -0.2) is 0 Å². The van der Waals surface area contributed by atoms with E-state index in [0.29, 0.717) is 19.4 Å². The molecule has 1 aromatic rings. The quantitative estimate of drug-likeness (QED) is 0.808. The van der Waals surface area contributed by atoms with Crippen LogP contribution in [0.25, 0.3) is 0 Å². The molecule has 0 bridgehead atoms. The van der Waals surface area contributed by atoms with Crippen molar-refractivity contribution >= 4 is 11.9 Å². The summed E-state index contributed by atoms with van der Waals surface area (Å²) in [5, 5.41) is 11.1. The van der Waals surface area contributed by atoms with Crippen LogP contribution in [-0.4, -0.2) is 35.5 Å². The predicted octanol–water partition coefficient (Wildman–Crippen LogP) is 0.578. The zero-order valence-electron chi connectivity index (χ0n) is 11.0. The average molecular weight is 274 g/mol. The Balaban J connectivity index is 1.64. The van der Waals surface area contributed by atoms with Crippen molar-refractivity contribution in [2.75, 3.05) is 6.54 Å². The number of amides is 1. The largest absolute Gasteiger partial charge is 0.530 e. The van der Waals surface area contributed by atoms with Gasteiger partial charge >= 0.3 is 0 Å². The lowest BCUT2D eigenvalue weighted by molar-refractivity contribution is -0.276. The van der Waals surface area contributed by atoms with E-state index in [-0.39, 0.29) is 30.4 Å². The van der Waals surface area contributed by atoms with Gasteiger partial charge in [0.2, 0.25) is 0 Å². The molecule has 3 atom stereocenters. The second-order valence-electron chi connectivity index (χ2n) is 5.34. The molecule has 106 valence electrons. The molecule has 1 aromatic carbocycles. The fraction of sp³-hybridized carbons (Fsp3) is 0.467. The summed E-state index contributed by atoms with van der Waals surface area (Å²) in [5.74, 6) is -0.0607. The molecule has 1 aliphatic heterocycles. The summed E-state index contributed by atoms with van der Waals surface area (Å²) in [6, 6.07) is 9.35. The number of hydrogen-bond donors (Lipinski definition) is 0. The highest BCUT2D eigenvalue weighted by Crippen LogP contribution is 2.39. The number of nitrogens with zero attached hydrogens (tertiary/aromatic N) is 1. The summed E-state index contributed by atoms with van der Waals surface area (Å²) in [6.07, 6.45) is -0.511. The van der Waals surface area contributed by atoms with E-state index in [1.807, 2.05) is 30.3 Å². The van der Waals surface area contributed by atoms with Gasteiger partial charge < -0.3 is 19.5 Å². The van der Waals surface area contributed by atoms with E-state index in [4.69, 9.17) is 4.74 Å². The van der Waals surface area contributed by atoms with Gasteiger partial charge in [0.25, 0.3) is 0 Å². The maximum atomic E-state index is 11.7. The summed E-state index contributed by atoms with van der Waals surface area (Å²) in [4.78, 5) is 24.1. The lowest BCUT2D eigenvalue weighted by atomic mass is 9.70. The van der Waals surface area contributed by atoms with Gasteiger partial charge in [-0.3, -0.25) is 4.79 Å². The molecular formula is C15H16NO4-. The van der Waals surface area contributed by atoms with Crippen LogP contribution in [0.5, 0.6) is 0 Å². The van der Waals surface area contributed by atoms with Crippen LogP contribution in [0, 0.1) is 5.92 Å². The number of ether oxygens (including phenoxy) is 1. The Hall–Kier alpha value is -1.88. The maximum Gasteiger partial charge on any atom is 0.139 e. The number of ketones is 1. The Bertz CT molecular complexity index is 516. The van der Waals surface area contributed by atoms with E-state index in [1.54, 1.807) is 0 Å². The van der Waals surface area contributed by atoms with Crippen molar-refractivity contribution in [3.8, 4) is 0 Å². The van der Waals surface area contributed by atoms with E-state index < -0.39 is 6.09 Å². The number of likely N-dealkylation sites (tertiary alicyclic amines) is 1. The molecule has 1 saturated heterocycles. The number of rotatable bonds is 3. The van der Waals surface area contributed by atoms with Crippen LogP contribution in [0.1, 0.15) is 18.4 Å². The summed E-state index contributed by atoms with van der Waals surface area (Å²) in [5.41, 5.74) is 1.04. The lowest BCUT2D eigenvalue weighted by Crippen LogP contribution is -2.67. The van der Waals surface area contributed by atoms with Crippen molar-refractivity contribution in [3.05, 3.63) is 35.9 Å². The Labute approximate surface area is 117 Å². The zero-order valence-corrected chi connectivity index (χ0v) is 11.0. The highest BCUT2D eigenvalue weighted by molar-refractivity contribution is 5.85. The molecule has 3 rings (SSSR count). The number of carbonyl (C=O) groups excluding carboxylic acids is 2. The molecule has 5 heteroatoms. The fourth-order valence-electron chi connectivity index (χ4n) is 3.05. The van der Waals surface area contributed by atoms with Crippen LogP contribution >= 0.6 is 0 Å². The third-order valence-electron chi connectivity index (χ3n) is 4.19. The van der Waals surface area contributed by atoms with Crippen LogP contribution in [0.3, 0.4) is 0 Å². The van der Waals surface area contributed by atoms with Crippen molar-refractivity contribution < 1.29 is 19.4 Å². The van der Waals surface area contributed by atoms with Crippen LogP contribution < -0.4 is 5.11 Å². The van der Waals surface area contributed by atoms with Crippen LogP contribution in [-0.2, 0) is 16.1 Å². The molecule has 1 saturated carbocycles. The highest BCUT2D eigenvalue weighted by Gasteiger charge is 2.51. The molecule has 0 N–H and O–H groups in total. The monoisotopic (exact) mass is 274 g/mol. The number of fused-ring (bicyclic) bond motifs is 1. The second-order valence-corrected chi connectivity index (χ2v) is 5.34. The number of benzene rings is 1. The molecule has 0 aromatic heterocycles. The van der Waals surface area contributed by atoms with Crippen molar-refractivity contribution in [1.82, 2.24) is 4.90 Å². The second kappa shape index (κ2) is 5.25. The van der Waals surface area contributed by atoms with Gasteiger partial charge in [-0.2, -0.15) is 0 Å². The molecule has 5 nitrogen and oxygen atoms in total. The van der Waals surface area contributed by atoms with E-state index in [0.717, 1.165) is 5.56 Å². The summed E-state index contributed by atoms with van der Waals surface area (Å²) in [6.45, 7) is 0.664. The minimum Gasteiger partial charge on any atom is -0.530 e. The van der Waals surface area contributed by atoms with E-state index in [9.17, 15) is 14.7 Å².